The van der Waals surface area contributed by atoms with Crippen LogP contribution in [0.3, 0.4) is 0 Å². The Bertz CT molecular complexity index is 1680. The fourth-order valence-electron chi connectivity index (χ4n) is 6.71. The molecule has 0 N–H and O–H groups in total. The lowest BCUT2D eigenvalue weighted by Gasteiger charge is -2.25. The van der Waals surface area contributed by atoms with Crippen LogP contribution < -0.4 is 4.90 Å². The van der Waals surface area contributed by atoms with E-state index < -0.39 is 0 Å². The van der Waals surface area contributed by atoms with Crippen molar-refractivity contribution in [2.75, 3.05) is 19.0 Å². The van der Waals surface area contributed by atoms with Crippen molar-refractivity contribution in [3.05, 3.63) is 106 Å². The van der Waals surface area contributed by atoms with Gasteiger partial charge in [0, 0.05) is 53.5 Å². The number of hydrogen-bond acceptors (Lipinski definition) is 5. The van der Waals surface area contributed by atoms with Crippen molar-refractivity contribution >= 4 is 28.8 Å². The van der Waals surface area contributed by atoms with Crippen LogP contribution >= 0.6 is 11.8 Å². The lowest BCUT2D eigenvalue weighted by molar-refractivity contribution is -0.401. The first-order valence-corrected chi connectivity index (χ1v) is 15.2. The zero-order chi connectivity index (χ0) is 28.9. The molecule has 0 atom stereocenters. The molecule has 2 aromatic carbocycles. The number of thioether (sulfide) groups is 1. The van der Waals surface area contributed by atoms with Gasteiger partial charge in [0.15, 0.2) is 5.71 Å². The Labute approximate surface area is 247 Å². The van der Waals surface area contributed by atoms with Gasteiger partial charge in [-0.1, -0.05) is 62.4 Å². The highest BCUT2D eigenvalue weighted by molar-refractivity contribution is 8.03. The third-order valence-electron chi connectivity index (χ3n) is 9.02. The van der Waals surface area contributed by atoms with E-state index >= 15 is 0 Å². The number of anilines is 1. The maximum Gasteiger partial charge on any atom is 0.213 e. The maximum atomic E-state index is 4.32. The Hall–Kier alpha value is -3.71. The Morgan fingerprint density at radius 2 is 1.61 bits per heavy atom. The van der Waals surface area contributed by atoms with Crippen LogP contribution in [0.5, 0.6) is 0 Å². The summed E-state index contributed by atoms with van der Waals surface area (Å²) in [5.41, 5.74) is 10.5. The summed E-state index contributed by atoms with van der Waals surface area (Å²) < 4.78 is 4.10. The average Bonchev–Trinajstić information content (AvgIpc) is 3.51. The number of allylic oxidation sites excluding steroid dienone is 7. The van der Waals surface area contributed by atoms with Crippen molar-refractivity contribution in [3.8, 4) is 0 Å². The molecule has 2 aliphatic heterocycles. The molecule has 1 aliphatic carbocycles. The first-order chi connectivity index (χ1) is 19.6. The quantitative estimate of drug-likeness (QED) is 0.306. The first kappa shape index (κ1) is 27.5. The molecule has 0 unspecified atom stereocenters. The van der Waals surface area contributed by atoms with Gasteiger partial charge in [-0.05, 0) is 84.2 Å². The van der Waals surface area contributed by atoms with Gasteiger partial charge >= 0.3 is 0 Å². The van der Waals surface area contributed by atoms with Crippen LogP contribution in [-0.2, 0) is 17.9 Å². The second-order valence-corrected chi connectivity index (χ2v) is 13.2. The van der Waals surface area contributed by atoms with E-state index in [0.717, 1.165) is 24.4 Å². The number of fused-ring (bicyclic) bond motifs is 2. The van der Waals surface area contributed by atoms with E-state index in [2.05, 4.69) is 140 Å². The molecule has 0 amide bonds. The molecule has 3 aromatic rings. The fourth-order valence-corrected chi connectivity index (χ4v) is 7.74. The summed E-state index contributed by atoms with van der Waals surface area (Å²) in [6.07, 6.45) is 12.5. The zero-order valence-electron chi connectivity index (χ0n) is 25.1. The van der Waals surface area contributed by atoms with Gasteiger partial charge in [0.1, 0.15) is 7.05 Å². The highest BCUT2D eigenvalue weighted by Gasteiger charge is 2.42. The number of rotatable bonds is 5. The molecule has 6 nitrogen and oxygen atoms in total. The fraction of sp³-hybridized carbons (Fsp3) is 0.353. The minimum atomic E-state index is -0.0609. The van der Waals surface area contributed by atoms with Gasteiger partial charge in [0.2, 0.25) is 10.8 Å². The molecule has 7 heteroatoms. The standard InChI is InChI=1S/C34H39N6S/c1-33(2)25-15-8-10-17-27(25)38(5)29(33)21-19-23-13-12-14-24(31(23)41-32-35-36-37-40(32)7)20-22-30-34(3,4)26-16-9-11-18-28(26)39(30)6/h8-11,15-22H,12-14H2,1-7H3/q+1. The Balaban J connectivity index is 1.42. The summed E-state index contributed by atoms with van der Waals surface area (Å²) in [7, 11) is 6.26. The molecular weight excluding hydrogens is 524 g/mol. The number of para-hydroxylation sites is 2. The first-order valence-electron chi connectivity index (χ1n) is 14.4. The van der Waals surface area contributed by atoms with Crippen LogP contribution in [0, 0.1) is 0 Å². The van der Waals surface area contributed by atoms with E-state index in [1.165, 1.54) is 50.0 Å². The second-order valence-electron chi connectivity index (χ2n) is 12.3. The lowest BCUT2D eigenvalue weighted by Crippen LogP contribution is -2.26. The largest absolute Gasteiger partial charge is 0.347 e. The van der Waals surface area contributed by atoms with Crippen LogP contribution in [-0.4, -0.2) is 44.6 Å². The monoisotopic (exact) mass is 563 g/mol. The van der Waals surface area contributed by atoms with E-state index in [-0.39, 0.29) is 10.8 Å². The SMILES string of the molecule is CN1C(=CC=C2CCCC(C=CC3=[N+](C)c4ccccc4C3(C)C)=C2Sc2nnnn2C)C(C)(C)c2ccccc21. The molecule has 41 heavy (non-hydrogen) atoms. The van der Waals surface area contributed by atoms with Gasteiger partial charge in [-0.15, -0.1) is 5.10 Å². The molecule has 0 bridgehead atoms. The van der Waals surface area contributed by atoms with Gasteiger partial charge in [0.25, 0.3) is 0 Å². The van der Waals surface area contributed by atoms with Gasteiger partial charge in [0.05, 0.1) is 5.41 Å². The van der Waals surface area contributed by atoms with Gasteiger partial charge in [-0.25, -0.2) is 4.68 Å². The minimum Gasteiger partial charge on any atom is -0.347 e. The van der Waals surface area contributed by atoms with Crippen LogP contribution in [0.1, 0.15) is 58.1 Å². The van der Waals surface area contributed by atoms with Crippen molar-refractivity contribution in [2.24, 2.45) is 7.05 Å². The summed E-state index contributed by atoms with van der Waals surface area (Å²) >= 11 is 1.68. The van der Waals surface area contributed by atoms with E-state index in [1.54, 1.807) is 16.4 Å². The molecule has 210 valence electrons. The summed E-state index contributed by atoms with van der Waals surface area (Å²) in [6.45, 7) is 9.28. The summed E-state index contributed by atoms with van der Waals surface area (Å²) in [4.78, 5) is 3.60. The third-order valence-corrected chi connectivity index (χ3v) is 10.3. The molecule has 1 aromatic heterocycles. The minimum absolute atomic E-state index is 0.0609. The summed E-state index contributed by atoms with van der Waals surface area (Å²) in [5, 5.41) is 13.1. The molecule has 0 radical (unpaired) electrons. The average molecular weight is 564 g/mol. The number of hydrogen-bond donors (Lipinski definition) is 0. The highest BCUT2D eigenvalue weighted by atomic mass is 32.2. The zero-order valence-corrected chi connectivity index (χ0v) is 26.0. The summed E-state index contributed by atoms with van der Waals surface area (Å²) in [5.74, 6) is 0. The van der Waals surface area contributed by atoms with Crippen LogP contribution in [0.15, 0.2) is 99.7 Å². The molecule has 0 saturated carbocycles. The van der Waals surface area contributed by atoms with Crippen LogP contribution in [0.2, 0.25) is 0 Å². The highest BCUT2D eigenvalue weighted by Crippen LogP contribution is 2.47. The predicted octanol–water partition coefficient (Wildman–Crippen LogP) is 7.24. The smallest absolute Gasteiger partial charge is 0.213 e. The molecule has 6 rings (SSSR count). The van der Waals surface area contributed by atoms with Gasteiger partial charge < -0.3 is 4.90 Å². The topological polar surface area (TPSA) is 49.9 Å². The number of likely N-dealkylation sites (N-methyl/N-ethyl adjacent to an activating group) is 1. The van der Waals surface area contributed by atoms with Crippen LogP contribution in [0.25, 0.3) is 0 Å². The van der Waals surface area contributed by atoms with Crippen molar-refractivity contribution in [2.45, 2.75) is 62.9 Å². The van der Waals surface area contributed by atoms with Crippen molar-refractivity contribution in [1.29, 1.82) is 0 Å². The Morgan fingerprint density at radius 1 is 0.878 bits per heavy atom. The molecule has 0 saturated heterocycles. The number of nitrogens with zero attached hydrogens (tertiary/aromatic N) is 6. The lowest BCUT2D eigenvalue weighted by atomic mass is 9.81. The molecule has 0 fully saturated rings. The second kappa shape index (κ2) is 10.3. The molecular formula is C34H39N6S+. The van der Waals surface area contributed by atoms with Crippen LogP contribution in [0.4, 0.5) is 11.4 Å². The predicted molar refractivity (Wildman–Crippen MR) is 169 cm³/mol. The van der Waals surface area contributed by atoms with E-state index in [9.17, 15) is 0 Å². The van der Waals surface area contributed by atoms with Gasteiger partial charge in [-0.2, -0.15) is 4.58 Å². The number of aryl methyl sites for hydroxylation is 1. The normalized spacial score (nSPS) is 21.5. The van der Waals surface area contributed by atoms with E-state index in [4.69, 9.17) is 0 Å². The Morgan fingerprint density at radius 3 is 2.32 bits per heavy atom. The van der Waals surface area contributed by atoms with E-state index in [1.807, 2.05) is 7.05 Å². The van der Waals surface area contributed by atoms with E-state index in [0.29, 0.717) is 0 Å². The number of benzene rings is 2. The molecule has 0 spiro atoms. The Kier molecular flexibility index (Phi) is 6.89. The van der Waals surface area contributed by atoms with Crippen molar-refractivity contribution in [3.63, 3.8) is 0 Å². The van der Waals surface area contributed by atoms with Crippen molar-refractivity contribution in [1.82, 2.24) is 20.2 Å². The van der Waals surface area contributed by atoms with Gasteiger partial charge in [-0.3, -0.25) is 0 Å². The third kappa shape index (κ3) is 4.60. The molecule has 3 heterocycles. The summed E-state index contributed by atoms with van der Waals surface area (Å²) in [6, 6.07) is 17.5. The van der Waals surface area contributed by atoms with Crippen molar-refractivity contribution < 1.29 is 4.58 Å². The number of aromatic nitrogens is 4. The molecule has 3 aliphatic rings. The number of tetrazole rings is 1. The maximum absolute atomic E-state index is 4.32.